The molecule has 0 atom stereocenters. The van der Waals surface area contributed by atoms with Crippen LogP contribution in [-0.2, 0) is 9.05 Å². The van der Waals surface area contributed by atoms with E-state index in [-0.39, 0.29) is 4.90 Å². The van der Waals surface area contributed by atoms with Gasteiger partial charge in [-0.05, 0) is 17.7 Å². The Hall–Kier alpha value is -0.870. The monoisotopic (exact) mass is 217 g/mol. The first-order valence-electron chi connectivity index (χ1n) is 3.51. The number of nitrogens with zero attached hydrogens (tertiary/aromatic N) is 1. The summed E-state index contributed by atoms with van der Waals surface area (Å²) in [6.45, 7) is 0. The van der Waals surface area contributed by atoms with E-state index in [9.17, 15) is 8.42 Å². The fourth-order valence-electron chi connectivity index (χ4n) is 0.896. The molecule has 0 aliphatic rings. The lowest BCUT2D eigenvalue weighted by atomic mass is 10.2. The van der Waals surface area contributed by atoms with Crippen molar-refractivity contribution in [3.8, 4) is 0 Å². The molecule has 1 aromatic rings. The minimum Gasteiger partial charge on any atom is -0.296 e. The van der Waals surface area contributed by atoms with Crippen molar-refractivity contribution >= 4 is 25.9 Å². The molecule has 13 heavy (non-hydrogen) atoms. The number of halogens is 1. The Morgan fingerprint density at radius 2 is 2.15 bits per heavy atom. The molecule has 0 saturated heterocycles. The molecule has 70 valence electrons. The number of benzene rings is 1. The van der Waals surface area contributed by atoms with E-state index in [2.05, 4.69) is 4.99 Å². The van der Waals surface area contributed by atoms with E-state index in [0.717, 1.165) is 0 Å². The summed E-state index contributed by atoms with van der Waals surface area (Å²) >= 11 is 0. The Labute approximate surface area is 81.5 Å². The summed E-state index contributed by atoms with van der Waals surface area (Å²) in [4.78, 5) is 3.86. The van der Waals surface area contributed by atoms with Crippen molar-refractivity contribution in [2.45, 2.75) is 4.90 Å². The van der Waals surface area contributed by atoms with Crippen LogP contribution in [0.4, 0.5) is 0 Å². The van der Waals surface area contributed by atoms with Gasteiger partial charge in [0, 0.05) is 23.9 Å². The van der Waals surface area contributed by atoms with Crippen molar-refractivity contribution in [3.05, 3.63) is 29.8 Å². The molecule has 0 aliphatic carbocycles. The van der Waals surface area contributed by atoms with Gasteiger partial charge in [-0.3, -0.25) is 4.99 Å². The molecule has 0 bridgehead atoms. The lowest BCUT2D eigenvalue weighted by molar-refractivity contribution is 0.609. The fraction of sp³-hybridized carbons (Fsp3) is 0.125. The quantitative estimate of drug-likeness (QED) is 0.559. The molecule has 0 heterocycles. The molecule has 0 unspecified atom stereocenters. The topological polar surface area (TPSA) is 46.5 Å². The lowest BCUT2D eigenvalue weighted by Gasteiger charge is -1.96. The average molecular weight is 218 g/mol. The Morgan fingerprint density at radius 1 is 1.46 bits per heavy atom. The molecule has 1 rings (SSSR count). The van der Waals surface area contributed by atoms with Crippen molar-refractivity contribution in [1.29, 1.82) is 0 Å². The van der Waals surface area contributed by atoms with Gasteiger partial charge in [-0.15, -0.1) is 0 Å². The summed E-state index contributed by atoms with van der Waals surface area (Å²) in [7, 11) is 3.14. The van der Waals surface area contributed by atoms with E-state index < -0.39 is 9.05 Å². The number of aliphatic imine (C=N–C) groups is 1. The second-order valence-electron chi connectivity index (χ2n) is 2.40. The summed E-state index contributed by atoms with van der Waals surface area (Å²) in [5.41, 5.74) is 0.712. The van der Waals surface area contributed by atoms with Crippen molar-refractivity contribution < 1.29 is 8.42 Å². The summed E-state index contributed by atoms with van der Waals surface area (Å²) in [6, 6.07) is 6.27. The summed E-state index contributed by atoms with van der Waals surface area (Å²) < 4.78 is 21.8. The molecule has 0 saturated carbocycles. The molecule has 3 nitrogen and oxygen atoms in total. The van der Waals surface area contributed by atoms with Gasteiger partial charge in [0.25, 0.3) is 9.05 Å². The number of rotatable bonds is 2. The summed E-state index contributed by atoms with van der Waals surface area (Å²) in [6.07, 6.45) is 1.56. The Bertz CT molecular complexity index is 426. The Morgan fingerprint density at radius 3 is 2.69 bits per heavy atom. The molecule has 0 radical (unpaired) electrons. The van der Waals surface area contributed by atoms with Gasteiger partial charge in [-0.1, -0.05) is 12.1 Å². The maximum Gasteiger partial charge on any atom is 0.261 e. The second kappa shape index (κ2) is 3.89. The van der Waals surface area contributed by atoms with Crippen LogP contribution >= 0.6 is 10.7 Å². The van der Waals surface area contributed by atoms with Crippen LogP contribution in [0.15, 0.2) is 34.2 Å². The van der Waals surface area contributed by atoms with Crippen LogP contribution in [0.25, 0.3) is 0 Å². The highest BCUT2D eigenvalue weighted by atomic mass is 35.7. The highest BCUT2D eigenvalue weighted by Gasteiger charge is 2.08. The van der Waals surface area contributed by atoms with Crippen LogP contribution in [0.2, 0.25) is 0 Å². The van der Waals surface area contributed by atoms with Gasteiger partial charge in [0.2, 0.25) is 0 Å². The minimum atomic E-state index is -3.63. The third-order valence-electron chi connectivity index (χ3n) is 1.42. The van der Waals surface area contributed by atoms with E-state index in [0.29, 0.717) is 5.56 Å². The molecular formula is C8H8ClNO2S. The average Bonchev–Trinajstić information content (AvgIpc) is 2.04. The molecule has 0 fully saturated rings. The van der Waals surface area contributed by atoms with Crippen molar-refractivity contribution in [2.24, 2.45) is 4.99 Å². The predicted octanol–water partition coefficient (Wildman–Crippen LogP) is 1.66. The molecular weight excluding hydrogens is 210 g/mol. The number of hydrogen-bond donors (Lipinski definition) is 0. The van der Waals surface area contributed by atoms with Gasteiger partial charge in [-0.25, -0.2) is 8.42 Å². The van der Waals surface area contributed by atoms with Crippen LogP contribution in [0.5, 0.6) is 0 Å². The van der Waals surface area contributed by atoms with Crippen LogP contribution in [0.3, 0.4) is 0 Å². The van der Waals surface area contributed by atoms with Crippen LogP contribution in [0, 0.1) is 0 Å². The zero-order chi connectivity index (χ0) is 9.90. The molecule has 1 aromatic carbocycles. The fourth-order valence-corrected chi connectivity index (χ4v) is 1.70. The van der Waals surface area contributed by atoms with E-state index in [4.69, 9.17) is 10.7 Å². The van der Waals surface area contributed by atoms with E-state index in [1.54, 1.807) is 25.4 Å². The highest BCUT2D eigenvalue weighted by molar-refractivity contribution is 8.13. The first-order chi connectivity index (χ1) is 6.04. The maximum atomic E-state index is 10.9. The highest BCUT2D eigenvalue weighted by Crippen LogP contribution is 2.15. The van der Waals surface area contributed by atoms with Crippen molar-refractivity contribution in [2.75, 3.05) is 7.05 Å². The molecule has 5 heteroatoms. The van der Waals surface area contributed by atoms with Crippen molar-refractivity contribution in [1.82, 2.24) is 0 Å². The van der Waals surface area contributed by atoms with Gasteiger partial charge in [0.1, 0.15) is 0 Å². The molecule has 0 amide bonds. The maximum absolute atomic E-state index is 10.9. The number of hydrogen-bond acceptors (Lipinski definition) is 3. The van der Waals surface area contributed by atoms with Gasteiger partial charge >= 0.3 is 0 Å². The zero-order valence-corrected chi connectivity index (χ0v) is 8.51. The Balaban J connectivity index is 3.21. The molecule has 0 spiro atoms. The van der Waals surface area contributed by atoms with E-state index in [1.807, 2.05) is 0 Å². The van der Waals surface area contributed by atoms with Crippen LogP contribution < -0.4 is 0 Å². The minimum absolute atomic E-state index is 0.0894. The normalized spacial score (nSPS) is 12.2. The SMILES string of the molecule is CN=Cc1cccc(S(=O)(=O)Cl)c1. The third-order valence-corrected chi connectivity index (χ3v) is 2.77. The first kappa shape index (κ1) is 10.2. The molecule has 0 N–H and O–H groups in total. The summed E-state index contributed by atoms with van der Waals surface area (Å²) in [5, 5.41) is 0. The lowest BCUT2D eigenvalue weighted by Crippen LogP contribution is -1.91. The first-order valence-corrected chi connectivity index (χ1v) is 5.82. The van der Waals surface area contributed by atoms with E-state index >= 15 is 0 Å². The molecule has 0 aliphatic heterocycles. The molecule has 0 aromatic heterocycles. The second-order valence-corrected chi connectivity index (χ2v) is 4.96. The van der Waals surface area contributed by atoms with Gasteiger partial charge in [-0.2, -0.15) is 0 Å². The largest absolute Gasteiger partial charge is 0.296 e. The van der Waals surface area contributed by atoms with Gasteiger partial charge in [0.05, 0.1) is 4.90 Å². The van der Waals surface area contributed by atoms with Crippen LogP contribution in [0.1, 0.15) is 5.56 Å². The van der Waals surface area contributed by atoms with Crippen LogP contribution in [-0.4, -0.2) is 21.7 Å². The Kier molecular flexibility index (Phi) is 3.06. The van der Waals surface area contributed by atoms with Crippen molar-refractivity contribution in [3.63, 3.8) is 0 Å². The van der Waals surface area contributed by atoms with E-state index in [1.165, 1.54) is 12.1 Å². The standard InChI is InChI=1S/C8H8ClNO2S/c1-10-6-7-3-2-4-8(5-7)13(9,11)12/h2-6H,1H3. The van der Waals surface area contributed by atoms with Gasteiger partial charge in [0.15, 0.2) is 0 Å². The third kappa shape index (κ3) is 2.82. The smallest absolute Gasteiger partial charge is 0.261 e. The summed E-state index contributed by atoms with van der Waals surface area (Å²) in [5.74, 6) is 0. The predicted molar refractivity (Wildman–Crippen MR) is 53.0 cm³/mol. The van der Waals surface area contributed by atoms with Gasteiger partial charge < -0.3 is 0 Å². The zero-order valence-electron chi connectivity index (χ0n) is 6.94.